The highest BCUT2D eigenvalue weighted by molar-refractivity contribution is 5.96. The van der Waals surface area contributed by atoms with Crippen molar-refractivity contribution in [3.8, 4) is 22.9 Å². The number of ether oxygens (including phenoxy) is 1. The summed E-state index contributed by atoms with van der Waals surface area (Å²) >= 11 is 0. The number of aromatic nitrogens is 2. The standard InChI is InChI=1S/C27H24N4O4/c1-17-3-9-22(10-4-17)31-16-20(15-25(31)33)27-29-26(30-35-27)19-5-11-23(12-6-19)34-24-13-7-21(8-14-24)28-18(2)32/h3-14,20H,15-16H2,1-2H3,(H,28,32)/t20-/m1/s1. The maximum atomic E-state index is 12.6. The zero-order chi connectivity index (χ0) is 24.4. The minimum absolute atomic E-state index is 0.0465. The van der Waals surface area contributed by atoms with Gasteiger partial charge in [0.05, 0.1) is 5.92 Å². The molecule has 4 aromatic rings. The summed E-state index contributed by atoms with van der Waals surface area (Å²) in [6, 6.07) is 22.4. The van der Waals surface area contributed by atoms with Gasteiger partial charge in [0, 0.05) is 36.8 Å². The van der Waals surface area contributed by atoms with Crippen molar-refractivity contribution in [1.29, 1.82) is 0 Å². The lowest BCUT2D eigenvalue weighted by Crippen LogP contribution is -2.24. The predicted molar refractivity (Wildman–Crippen MR) is 131 cm³/mol. The molecule has 176 valence electrons. The van der Waals surface area contributed by atoms with Crippen LogP contribution in [0.3, 0.4) is 0 Å². The first-order chi connectivity index (χ1) is 16.9. The summed E-state index contributed by atoms with van der Waals surface area (Å²) in [5.41, 5.74) is 3.52. The summed E-state index contributed by atoms with van der Waals surface area (Å²) < 4.78 is 11.4. The van der Waals surface area contributed by atoms with Gasteiger partial charge in [0.2, 0.25) is 23.5 Å². The molecule has 1 aliphatic heterocycles. The van der Waals surface area contributed by atoms with Gasteiger partial charge in [-0.1, -0.05) is 22.9 Å². The van der Waals surface area contributed by atoms with Gasteiger partial charge in [-0.25, -0.2) is 0 Å². The normalized spacial score (nSPS) is 15.3. The summed E-state index contributed by atoms with van der Waals surface area (Å²) in [6.45, 7) is 3.99. The number of amides is 2. The van der Waals surface area contributed by atoms with Gasteiger partial charge in [0.25, 0.3) is 0 Å². The molecule has 0 unspecified atom stereocenters. The molecule has 8 heteroatoms. The van der Waals surface area contributed by atoms with Crippen LogP contribution in [0, 0.1) is 6.92 Å². The van der Waals surface area contributed by atoms with Crippen LogP contribution in [0.5, 0.6) is 11.5 Å². The second-order valence-electron chi connectivity index (χ2n) is 8.53. The smallest absolute Gasteiger partial charge is 0.232 e. The van der Waals surface area contributed by atoms with Crippen LogP contribution >= 0.6 is 0 Å². The van der Waals surface area contributed by atoms with Crippen molar-refractivity contribution in [3.63, 3.8) is 0 Å². The van der Waals surface area contributed by atoms with Crippen LogP contribution in [-0.4, -0.2) is 28.5 Å². The second-order valence-corrected chi connectivity index (χ2v) is 8.53. The molecule has 0 radical (unpaired) electrons. The van der Waals surface area contributed by atoms with E-state index >= 15 is 0 Å². The number of rotatable bonds is 6. The number of hydrogen-bond donors (Lipinski definition) is 1. The Morgan fingerprint density at radius 2 is 1.66 bits per heavy atom. The van der Waals surface area contributed by atoms with E-state index in [9.17, 15) is 9.59 Å². The number of nitrogens with one attached hydrogen (secondary N) is 1. The van der Waals surface area contributed by atoms with E-state index in [-0.39, 0.29) is 17.7 Å². The van der Waals surface area contributed by atoms with E-state index in [0.29, 0.717) is 41.9 Å². The van der Waals surface area contributed by atoms with Gasteiger partial charge in [0.1, 0.15) is 11.5 Å². The molecular formula is C27H24N4O4. The average molecular weight is 469 g/mol. The summed E-state index contributed by atoms with van der Waals surface area (Å²) in [6.07, 6.45) is 0.336. The molecule has 35 heavy (non-hydrogen) atoms. The Morgan fingerprint density at radius 1 is 1.00 bits per heavy atom. The highest BCUT2D eigenvalue weighted by atomic mass is 16.5. The van der Waals surface area contributed by atoms with Crippen molar-refractivity contribution in [2.45, 2.75) is 26.2 Å². The Hall–Kier alpha value is -4.46. The predicted octanol–water partition coefficient (Wildman–Crippen LogP) is 5.32. The van der Waals surface area contributed by atoms with E-state index in [1.807, 2.05) is 55.5 Å². The van der Waals surface area contributed by atoms with Gasteiger partial charge in [-0.05, 0) is 67.6 Å². The van der Waals surface area contributed by atoms with E-state index in [2.05, 4.69) is 15.5 Å². The fraction of sp³-hybridized carbons (Fsp3) is 0.185. The van der Waals surface area contributed by atoms with Crippen molar-refractivity contribution in [3.05, 3.63) is 84.3 Å². The third-order valence-electron chi connectivity index (χ3n) is 5.78. The van der Waals surface area contributed by atoms with Gasteiger partial charge < -0.3 is 19.5 Å². The van der Waals surface area contributed by atoms with Crippen LogP contribution in [-0.2, 0) is 9.59 Å². The lowest BCUT2D eigenvalue weighted by molar-refractivity contribution is -0.117. The van der Waals surface area contributed by atoms with E-state index in [1.54, 1.807) is 29.2 Å². The third-order valence-corrected chi connectivity index (χ3v) is 5.78. The molecule has 8 nitrogen and oxygen atoms in total. The SMILES string of the molecule is CC(=O)Nc1ccc(Oc2ccc(-c3noc([C@@H]4CC(=O)N(c5ccc(C)cc5)C4)n3)cc2)cc1. The van der Waals surface area contributed by atoms with Crippen LogP contribution in [0.1, 0.15) is 30.7 Å². The number of aryl methyl sites for hydroxylation is 1. The maximum Gasteiger partial charge on any atom is 0.232 e. The van der Waals surface area contributed by atoms with Crippen LogP contribution in [0.15, 0.2) is 77.3 Å². The van der Waals surface area contributed by atoms with Gasteiger partial charge >= 0.3 is 0 Å². The quantitative estimate of drug-likeness (QED) is 0.412. The number of carbonyl (C=O) groups is 2. The van der Waals surface area contributed by atoms with Crippen molar-refractivity contribution in [2.75, 3.05) is 16.8 Å². The van der Waals surface area contributed by atoms with Crippen LogP contribution < -0.4 is 15.0 Å². The lowest BCUT2D eigenvalue weighted by Gasteiger charge is -2.16. The van der Waals surface area contributed by atoms with Crippen LogP contribution in [0.4, 0.5) is 11.4 Å². The summed E-state index contributed by atoms with van der Waals surface area (Å²) in [5.74, 6) is 2.01. The van der Waals surface area contributed by atoms with Gasteiger partial charge in [0.15, 0.2) is 0 Å². The molecule has 1 saturated heterocycles. The number of nitrogens with zero attached hydrogens (tertiary/aromatic N) is 3. The van der Waals surface area contributed by atoms with E-state index in [0.717, 1.165) is 16.8 Å². The Labute approximate surface area is 202 Å². The average Bonchev–Trinajstić information content (AvgIpc) is 3.48. The van der Waals surface area contributed by atoms with Crippen LogP contribution in [0.25, 0.3) is 11.4 Å². The number of anilines is 2. The fourth-order valence-corrected chi connectivity index (χ4v) is 3.98. The number of carbonyl (C=O) groups excluding carboxylic acids is 2. The third kappa shape index (κ3) is 5.06. The Bertz CT molecular complexity index is 1350. The molecule has 0 bridgehead atoms. The minimum Gasteiger partial charge on any atom is -0.457 e. The Balaban J connectivity index is 1.24. The van der Waals surface area contributed by atoms with Crippen molar-refractivity contribution >= 4 is 23.2 Å². The molecule has 0 saturated carbocycles. The molecule has 5 rings (SSSR count). The highest BCUT2D eigenvalue weighted by Crippen LogP contribution is 2.32. The Kier molecular flexibility index (Phi) is 6.01. The van der Waals surface area contributed by atoms with E-state index in [4.69, 9.17) is 9.26 Å². The van der Waals surface area contributed by atoms with Gasteiger partial charge in [-0.3, -0.25) is 9.59 Å². The molecule has 3 aromatic carbocycles. The fourth-order valence-electron chi connectivity index (χ4n) is 3.98. The molecule has 2 amide bonds. The second kappa shape index (κ2) is 9.42. The van der Waals surface area contributed by atoms with Crippen molar-refractivity contribution in [1.82, 2.24) is 10.1 Å². The topological polar surface area (TPSA) is 97.6 Å². The summed E-state index contributed by atoms with van der Waals surface area (Å²) in [4.78, 5) is 30.0. The molecule has 1 aliphatic rings. The number of benzene rings is 3. The van der Waals surface area contributed by atoms with Crippen molar-refractivity contribution in [2.24, 2.45) is 0 Å². The molecule has 1 fully saturated rings. The molecular weight excluding hydrogens is 444 g/mol. The zero-order valence-corrected chi connectivity index (χ0v) is 19.4. The molecule has 1 N–H and O–H groups in total. The molecule has 1 atom stereocenters. The summed E-state index contributed by atoms with van der Waals surface area (Å²) in [5, 5.41) is 6.84. The van der Waals surface area contributed by atoms with E-state index in [1.165, 1.54) is 6.92 Å². The van der Waals surface area contributed by atoms with Gasteiger partial charge in [-0.15, -0.1) is 0 Å². The first kappa shape index (κ1) is 22.3. The highest BCUT2D eigenvalue weighted by Gasteiger charge is 2.35. The first-order valence-corrected chi connectivity index (χ1v) is 11.3. The molecule has 0 aliphatic carbocycles. The van der Waals surface area contributed by atoms with E-state index < -0.39 is 0 Å². The molecule has 1 aromatic heterocycles. The molecule has 0 spiro atoms. The lowest BCUT2D eigenvalue weighted by atomic mass is 10.1. The maximum absolute atomic E-state index is 12.6. The summed E-state index contributed by atoms with van der Waals surface area (Å²) in [7, 11) is 0. The largest absolute Gasteiger partial charge is 0.457 e. The van der Waals surface area contributed by atoms with Crippen molar-refractivity contribution < 1.29 is 18.8 Å². The number of hydrogen-bond acceptors (Lipinski definition) is 6. The first-order valence-electron chi connectivity index (χ1n) is 11.3. The zero-order valence-electron chi connectivity index (χ0n) is 19.4. The Morgan fingerprint density at radius 3 is 2.31 bits per heavy atom. The monoisotopic (exact) mass is 468 g/mol. The minimum atomic E-state index is -0.145. The molecule has 2 heterocycles. The van der Waals surface area contributed by atoms with Gasteiger partial charge in [-0.2, -0.15) is 4.98 Å². The van der Waals surface area contributed by atoms with Crippen LogP contribution in [0.2, 0.25) is 0 Å².